The summed E-state index contributed by atoms with van der Waals surface area (Å²) in [6, 6.07) is -5.40. The number of amides is 4. The van der Waals surface area contributed by atoms with Gasteiger partial charge in [0.1, 0.15) is 18.1 Å². The third-order valence-corrected chi connectivity index (χ3v) is 5.53. The molecule has 0 aliphatic carbocycles. The number of hydrogen-bond donors (Lipinski definition) is 8. The number of carboxylic acid groups (broad SMARTS) is 2. The van der Waals surface area contributed by atoms with E-state index in [-0.39, 0.29) is 19.3 Å². The van der Waals surface area contributed by atoms with Gasteiger partial charge in [-0.25, -0.2) is 9.78 Å². The van der Waals surface area contributed by atoms with Crippen molar-refractivity contribution in [3.63, 3.8) is 0 Å². The quantitative estimate of drug-likeness (QED) is 0.103. The van der Waals surface area contributed by atoms with E-state index in [9.17, 15) is 39.0 Å². The van der Waals surface area contributed by atoms with Crippen molar-refractivity contribution < 1.29 is 39.0 Å². The fourth-order valence-electron chi connectivity index (χ4n) is 2.95. The van der Waals surface area contributed by atoms with Crippen molar-refractivity contribution in [1.82, 2.24) is 25.9 Å². The average Bonchev–Trinajstić information content (AvgIpc) is 3.31. The van der Waals surface area contributed by atoms with E-state index in [1.54, 1.807) is 0 Å². The molecule has 4 atom stereocenters. The SMILES string of the molecule is CSCCC(N)C(=O)NC(Cc1cnc[nH]1)C(=O)NC(CC(=O)O)C(=O)NC(CCC(N)=O)C(=O)O. The molecule has 0 saturated heterocycles. The van der Waals surface area contributed by atoms with Crippen LogP contribution >= 0.6 is 11.8 Å². The summed E-state index contributed by atoms with van der Waals surface area (Å²) in [6.07, 6.45) is 3.32. The summed E-state index contributed by atoms with van der Waals surface area (Å²) in [4.78, 5) is 78.5. The maximum Gasteiger partial charge on any atom is 0.326 e. The highest BCUT2D eigenvalue weighted by Crippen LogP contribution is 2.05. The second-order valence-electron chi connectivity index (χ2n) is 7.79. The van der Waals surface area contributed by atoms with Crippen LogP contribution in [0.5, 0.6) is 0 Å². The predicted octanol–water partition coefficient (Wildman–Crippen LogP) is -2.69. The Kier molecular flexibility index (Phi) is 13.0. The molecule has 0 aromatic carbocycles. The zero-order chi connectivity index (χ0) is 27.3. The Balaban J connectivity index is 3.03. The molecule has 4 unspecified atom stereocenters. The van der Waals surface area contributed by atoms with Gasteiger partial charge in [0.05, 0.1) is 18.8 Å². The molecule has 1 aromatic heterocycles. The molecule has 0 aliphatic heterocycles. The maximum atomic E-state index is 13.0. The fraction of sp³-hybridized carbons (Fsp3) is 0.550. The molecule has 1 rings (SSSR count). The fourth-order valence-corrected chi connectivity index (χ4v) is 3.44. The summed E-state index contributed by atoms with van der Waals surface area (Å²) in [5.74, 6) is -5.75. The second kappa shape index (κ2) is 15.4. The van der Waals surface area contributed by atoms with E-state index in [4.69, 9.17) is 11.5 Å². The van der Waals surface area contributed by atoms with Crippen molar-refractivity contribution in [2.75, 3.05) is 12.0 Å². The van der Waals surface area contributed by atoms with E-state index >= 15 is 0 Å². The van der Waals surface area contributed by atoms with E-state index < -0.39 is 66.2 Å². The predicted molar refractivity (Wildman–Crippen MR) is 127 cm³/mol. The van der Waals surface area contributed by atoms with Crippen molar-refractivity contribution in [2.24, 2.45) is 11.5 Å². The molecule has 200 valence electrons. The summed E-state index contributed by atoms with van der Waals surface area (Å²) in [7, 11) is 0. The summed E-state index contributed by atoms with van der Waals surface area (Å²) < 4.78 is 0. The molecule has 0 bridgehead atoms. The van der Waals surface area contributed by atoms with Crippen molar-refractivity contribution >= 4 is 47.3 Å². The van der Waals surface area contributed by atoms with Crippen molar-refractivity contribution in [3.05, 3.63) is 18.2 Å². The number of imidazole rings is 1. The van der Waals surface area contributed by atoms with E-state index in [0.717, 1.165) is 0 Å². The van der Waals surface area contributed by atoms with E-state index in [2.05, 4.69) is 25.9 Å². The first-order chi connectivity index (χ1) is 16.9. The van der Waals surface area contributed by atoms with Crippen LogP contribution in [0.2, 0.25) is 0 Å². The molecule has 10 N–H and O–H groups in total. The number of hydrogen-bond acceptors (Lipinski definition) is 9. The van der Waals surface area contributed by atoms with Crippen LogP contribution in [0.1, 0.15) is 31.4 Å². The number of carboxylic acids is 2. The van der Waals surface area contributed by atoms with Crippen molar-refractivity contribution in [3.8, 4) is 0 Å². The highest BCUT2D eigenvalue weighted by atomic mass is 32.2. The molecule has 0 saturated carbocycles. The molecule has 0 spiro atoms. The number of thioether (sulfide) groups is 1. The van der Waals surface area contributed by atoms with Gasteiger partial charge in [-0.3, -0.25) is 24.0 Å². The zero-order valence-electron chi connectivity index (χ0n) is 19.6. The molecule has 16 heteroatoms. The number of carbonyl (C=O) groups is 6. The topological polar surface area (TPSA) is 260 Å². The Morgan fingerprint density at radius 1 is 1.00 bits per heavy atom. The summed E-state index contributed by atoms with van der Waals surface area (Å²) in [5, 5.41) is 25.3. The van der Waals surface area contributed by atoms with Crippen LogP contribution in [0, 0.1) is 0 Å². The van der Waals surface area contributed by atoms with Gasteiger partial charge in [0.2, 0.25) is 23.6 Å². The van der Waals surface area contributed by atoms with Crippen LogP contribution in [0.25, 0.3) is 0 Å². The highest BCUT2D eigenvalue weighted by Gasteiger charge is 2.32. The second-order valence-corrected chi connectivity index (χ2v) is 8.78. The molecule has 0 fully saturated rings. The number of H-pyrrole nitrogens is 1. The normalized spacial score (nSPS) is 14.1. The summed E-state index contributed by atoms with van der Waals surface area (Å²) in [5.41, 5.74) is 11.3. The number of aliphatic carboxylic acids is 2. The molecule has 4 amide bonds. The molecule has 0 aliphatic rings. The average molecular weight is 530 g/mol. The van der Waals surface area contributed by atoms with Crippen LogP contribution in [0.3, 0.4) is 0 Å². The number of aromatic nitrogens is 2. The van der Waals surface area contributed by atoms with Gasteiger partial charge in [-0.15, -0.1) is 0 Å². The highest BCUT2D eigenvalue weighted by molar-refractivity contribution is 7.98. The first-order valence-electron chi connectivity index (χ1n) is 10.8. The van der Waals surface area contributed by atoms with Crippen LogP contribution < -0.4 is 27.4 Å². The smallest absolute Gasteiger partial charge is 0.326 e. The minimum Gasteiger partial charge on any atom is -0.481 e. The van der Waals surface area contributed by atoms with Gasteiger partial charge in [-0.1, -0.05) is 0 Å². The molecular weight excluding hydrogens is 498 g/mol. The Hall–Kier alpha value is -3.66. The van der Waals surface area contributed by atoms with Crippen LogP contribution in [0.15, 0.2) is 12.5 Å². The zero-order valence-corrected chi connectivity index (χ0v) is 20.4. The number of primary amides is 1. The first-order valence-corrected chi connectivity index (χ1v) is 12.2. The molecule has 1 aromatic rings. The van der Waals surface area contributed by atoms with Crippen molar-refractivity contribution in [1.29, 1.82) is 0 Å². The van der Waals surface area contributed by atoms with Gasteiger partial charge in [0.25, 0.3) is 0 Å². The van der Waals surface area contributed by atoms with E-state index in [1.165, 1.54) is 24.3 Å². The van der Waals surface area contributed by atoms with Crippen LogP contribution in [-0.4, -0.2) is 91.9 Å². The minimum atomic E-state index is -1.68. The summed E-state index contributed by atoms with van der Waals surface area (Å²) in [6.45, 7) is 0. The third kappa shape index (κ3) is 11.2. The Morgan fingerprint density at radius 3 is 2.14 bits per heavy atom. The van der Waals surface area contributed by atoms with Crippen molar-refractivity contribution in [2.45, 2.75) is 56.3 Å². The van der Waals surface area contributed by atoms with Gasteiger partial charge in [-0.05, 0) is 24.9 Å². The van der Waals surface area contributed by atoms with Gasteiger partial charge < -0.3 is 42.6 Å². The molecule has 1 heterocycles. The Morgan fingerprint density at radius 2 is 1.61 bits per heavy atom. The maximum absolute atomic E-state index is 13.0. The lowest BCUT2D eigenvalue weighted by Crippen LogP contribution is -2.58. The molecular formula is C20H31N7O8S. The number of carbonyl (C=O) groups excluding carboxylic acids is 4. The van der Waals surface area contributed by atoms with E-state index in [1.807, 2.05) is 6.26 Å². The van der Waals surface area contributed by atoms with Crippen LogP contribution in [0.4, 0.5) is 0 Å². The number of aromatic amines is 1. The number of rotatable bonds is 17. The lowest BCUT2D eigenvalue weighted by atomic mass is 10.1. The monoisotopic (exact) mass is 529 g/mol. The van der Waals surface area contributed by atoms with E-state index in [0.29, 0.717) is 17.9 Å². The Bertz CT molecular complexity index is 927. The van der Waals surface area contributed by atoms with Gasteiger partial charge in [0.15, 0.2) is 0 Å². The number of nitrogens with zero attached hydrogens (tertiary/aromatic N) is 1. The molecule has 36 heavy (non-hydrogen) atoms. The lowest BCUT2D eigenvalue weighted by molar-refractivity contribution is -0.143. The standard InChI is InChI=1S/C20H31N7O8S/c1-36-5-4-11(21)17(31)26-13(6-10-8-23-9-24-10)18(32)27-14(7-16(29)30)19(33)25-12(20(34)35)2-3-15(22)28/h8-9,11-14H,2-7,21H2,1H3,(H2,22,28)(H,23,24)(H,25,33)(H,26,31)(H,27,32)(H,29,30)(H,34,35). The lowest BCUT2D eigenvalue weighted by Gasteiger charge is -2.24. The largest absolute Gasteiger partial charge is 0.481 e. The number of nitrogens with two attached hydrogens (primary N) is 2. The third-order valence-electron chi connectivity index (χ3n) is 4.89. The molecule has 0 radical (unpaired) electrons. The van der Waals surface area contributed by atoms with Gasteiger partial charge in [-0.2, -0.15) is 11.8 Å². The van der Waals surface area contributed by atoms with Crippen LogP contribution in [-0.2, 0) is 35.2 Å². The Labute approximate surface area is 210 Å². The first kappa shape index (κ1) is 30.4. The minimum absolute atomic E-state index is 0.0788. The van der Waals surface area contributed by atoms with Gasteiger partial charge >= 0.3 is 11.9 Å². The number of nitrogens with one attached hydrogen (secondary N) is 4. The van der Waals surface area contributed by atoms with Gasteiger partial charge in [0, 0.05) is 24.7 Å². The summed E-state index contributed by atoms with van der Waals surface area (Å²) >= 11 is 1.49. The molecule has 15 nitrogen and oxygen atoms in total.